The molecule has 0 aliphatic rings. The van der Waals surface area contributed by atoms with Crippen LogP contribution in [0.5, 0.6) is 0 Å². The van der Waals surface area contributed by atoms with Crippen molar-refractivity contribution in [3.63, 3.8) is 0 Å². The maximum atomic E-state index is 11.4. The summed E-state index contributed by atoms with van der Waals surface area (Å²) in [5, 5.41) is 8.90. The zero-order chi connectivity index (χ0) is 13.1. The number of thioether (sulfide) groups is 1. The van der Waals surface area contributed by atoms with Crippen molar-refractivity contribution >= 4 is 28.8 Å². The molecule has 18 heavy (non-hydrogen) atoms. The van der Waals surface area contributed by atoms with Crippen LogP contribution in [-0.2, 0) is 4.74 Å². The second-order valence-corrected chi connectivity index (χ2v) is 4.84. The Kier molecular flexibility index (Phi) is 3.53. The molecule has 0 radical (unpaired) electrons. The summed E-state index contributed by atoms with van der Waals surface area (Å²) in [6.45, 7) is 1.76. The van der Waals surface area contributed by atoms with E-state index in [1.807, 2.05) is 0 Å². The minimum absolute atomic E-state index is 0.238. The molecule has 2 aromatic rings. The van der Waals surface area contributed by atoms with Gasteiger partial charge in [0, 0.05) is 0 Å². The van der Waals surface area contributed by atoms with Crippen molar-refractivity contribution in [1.82, 2.24) is 4.98 Å². The normalized spacial score (nSPS) is 12.1. The standard InChI is InChI=1S/C12H10N2O3S/c1-7(6-13)18-12-14-9-4-3-8(11(15)16-2)5-10(9)17-12/h3-5,7H,1-2H3/t7-/m0/s1. The third kappa shape index (κ3) is 2.46. The number of carbonyl (C=O) groups excluding carboxylic acids is 1. The van der Waals surface area contributed by atoms with Crippen molar-refractivity contribution in [2.45, 2.75) is 17.4 Å². The predicted octanol–water partition coefficient (Wildman–Crippen LogP) is 2.62. The minimum Gasteiger partial charge on any atom is -0.465 e. The molecule has 1 atom stereocenters. The minimum atomic E-state index is -0.423. The van der Waals surface area contributed by atoms with E-state index >= 15 is 0 Å². The van der Waals surface area contributed by atoms with Gasteiger partial charge in [0.15, 0.2) is 5.58 Å². The van der Waals surface area contributed by atoms with Gasteiger partial charge in [-0.1, -0.05) is 0 Å². The number of rotatable bonds is 3. The van der Waals surface area contributed by atoms with Gasteiger partial charge in [-0.3, -0.25) is 0 Å². The van der Waals surface area contributed by atoms with E-state index in [1.165, 1.54) is 18.9 Å². The summed E-state index contributed by atoms with van der Waals surface area (Å²) in [5.74, 6) is -0.423. The van der Waals surface area contributed by atoms with Gasteiger partial charge >= 0.3 is 5.97 Å². The molecule has 0 fully saturated rings. The van der Waals surface area contributed by atoms with E-state index in [0.29, 0.717) is 21.9 Å². The number of benzene rings is 1. The molecule has 2 rings (SSSR count). The molecule has 0 amide bonds. The summed E-state index contributed by atoms with van der Waals surface area (Å²) in [4.78, 5) is 15.6. The van der Waals surface area contributed by atoms with Gasteiger partial charge in [0.05, 0.1) is 24.0 Å². The van der Waals surface area contributed by atoms with E-state index < -0.39 is 5.97 Å². The topological polar surface area (TPSA) is 76.1 Å². The number of carbonyl (C=O) groups is 1. The van der Waals surface area contributed by atoms with E-state index in [2.05, 4.69) is 15.8 Å². The van der Waals surface area contributed by atoms with Gasteiger partial charge in [-0.25, -0.2) is 9.78 Å². The Hall–Kier alpha value is -2.00. The molecule has 1 aromatic heterocycles. The Bertz CT molecular complexity index is 630. The van der Waals surface area contributed by atoms with Gasteiger partial charge in [0.1, 0.15) is 5.52 Å². The summed E-state index contributed by atoms with van der Waals surface area (Å²) < 4.78 is 10.1. The molecule has 0 aliphatic heterocycles. The average Bonchev–Trinajstić information content (AvgIpc) is 2.78. The molecule has 92 valence electrons. The van der Waals surface area contributed by atoms with Crippen molar-refractivity contribution in [2.24, 2.45) is 0 Å². The van der Waals surface area contributed by atoms with Gasteiger partial charge in [-0.15, -0.1) is 0 Å². The Morgan fingerprint density at radius 1 is 1.61 bits per heavy atom. The van der Waals surface area contributed by atoms with Crippen LogP contribution >= 0.6 is 11.8 Å². The number of fused-ring (bicyclic) bond motifs is 1. The number of esters is 1. The van der Waals surface area contributed by atoms with Crippen LogP contribution in [0.15, 0.2) is 27.8 Å². The highest BCUT2D eigenvalue weighted by atomic mass is 32.2. The fourth-order valence-corrected chi connectivity index (χ4v) is 2.02. The largest absolute Gasteiger partial charge is 0.465 e. The molecule has 6 heteroatoms. The van der Waals surface area contributed by atoms with Crippen molar-refractivity contribution in [2.75, 3.05) is 7.11 Å². The van der Waals surface area contributed by atoms with Crippen LogP contribution in [-0.4, -0.2) is 23.3 Å². The van der Waals surface area contributed by atoms with Crippen LogP contribution in [0.2, 0.25) is 0 Å². The molecule has 0 unspecified atom stereocenters. The molecule has 1 heterocycles. The monoisotopic (exact) mass is 262 g/mol. The first-order valence-corrected chi connectivity index (χ1v) is 6.07. The molecule has 0 saturated carbocycles. The van der Waals surface area contributed by atoms with Crippen molar-refractivity contribution in [1.29, 1.82) is 5.26 Å². The lowest BCUT2D eigenvalue weighted by Crippen LogP contribution is -2.00. The maximum Gasteiger partial charge on any atom is 0.337 e. The lowest BCUT2D eigenvalue weighted by atomic mass is 10.2. The summed E-state index contributed by atoms with van der Waals surface area (Å²) >= 11 is 1.23. The van der Waals surface area contributed by atoms with Crippen LogP contribution in [0.4, 0.5) is 0 Å². The maximum absolute atomic E-state index is 11.4. The Morgan fingerprint density at radius 2 is 2.39 bits per heavy atom. The zero-order valence-electron chi connectivity index (χ0n) is 9.84. The predicted molar refractivity (Wildman–Crippen MR) is 66.3 cm³/mol. The van der Waals surface area contributed by atoms with E-state index in [4.69, 9.17) is 9.68 Å². The first-order chi connectivity index (χ1) is 8.63. The summed E-state index contributed by atoms with van der Waals surface area (Å²) in [6.07, 6.45) is 0. The second-order valence-electron chi connectivity index (χ2n) is 3.54. The highest BCUT2D eigenvalue weighted by molar-refractivity contribution is 7.99. The number of nitrogens with zero attached hydrogens (tertiary/aromatic N) is 2. The number of hydrogen-bond acceptors (Lipinski definition) is 6. The van der Waals surface area contributed by atoms with E-state index in [9.17, 15) is 4.79 Å². The summed E-state index contributed by atoms with van der Waals surface area (Å²) in [5.41, 5.74) is 1.56. The van der Waals surface area contributed by atoms with Crippen molar-refractivity contribution in [3.05, 3.63) is 23.8 Å². The molecular formula is C12H10N2O3S. The molecular weight excluding hydrogens is 252 g/mol. The third-order valence-corrected chi connectivity index (χ3v) is 3.08. The molecule has 0 aliphatic carbocycles. The molecule has 0 N–H and O–H groups in total. The smallest absolute Gasteiger partial charge is 0.337 e. The fraction of sp³-hybridized carbons (Fsp3) is 0.250. The zero-order valence-corrected chi connectivity index (χ0v) is 10.7. The quantitative estimate of drug-likeness (QED) is 0.625. The van der Waals surface area contributed by atoms with Gasteiger partial charge in [0.2, 0.25) is 0 Å². The highest BCUT2D eigenvalue weighted by Gasteiger charge is 2.13. The lowest BCUT2D eigenvalue weighted by molar-refractivity contribution is 0.0601. The Balaban J connectivity index is 2.34. The van der Waals surface area contributed by atoms with Gasteiger partial charge in [0.25, 0.3) is 5.22 Å². The van der Waals surface area contributed by atoms with Crippen LogP contribution in [0.3, 0.4) is 0 Å². The van der Waals surface area contributed by atoms with Gasteiger partial charge < -0.3 is 9.15 Å². The Labute approximate surface area is 108 Å². The third-order valence-electron chi connectivity index (χ3n) is 2.25. The number of aromatic nitrogens is 1. The first-order valence-electron chi connectivity index (χ1n) is 5.19. The molecule has 0 spiro atoms. The lowest BCUT2D eigenvalue weighted by Gasteiger charge is -1.96. The highest BCUT2D eigenvalue weighted by Crippen LogP contribution is 2.27. The van der Waals surface area contributed by atoms with Gasteiger partial charge in [-0.05, 0) is 36.9 Å². The van der Waals surface area contributed by atoms with Crippen LogP contribution in [0.1, 0.15) is 17.3 Å². The van der Waals surface area contributed by atoms with Crippen molar-refractivity contribution < 1.29 is 13.9 Å². The average molecular weight is 262 g/mol. The number of methoxy groups -OCH3 is 1. The number of oxazole rings is 1. The number of hydrogen-bond donors (Lipinski definition) is 0. The molecule has 0 bridgehead atoms. The molecule has 1 aromatic carbocycles. The van der Waals surface area contributed by atoms with Gasteiger partial charge in [-0.2, -0.15) is 5.26 Å². The Morgan fingerprint density at radius 3 is 3.06 bits per heavy atom. The summed E-state index contributed by atoms with van der Waals surface area (Å²) in [6, 6.07) is 6.97. The molecule has 0 saturated heterocycles. The second kappa shape index (κ2) is 5.10. The van der Waals surface area contributed by atoms with E-state index in [0.717, 1.165) is 0 Å². The van der Waals surface area contributed by atoms with Crippen molar-refractivity contribution in [3.8, 4) is 6.07 Å². The first kappa shape index (κ1) is 12.5. The number of nitriles is 1. The summed E-state index contributed by atoms with van der Waals surface area (Å²) in [7, 11) is 1.32. The number of ether oxygens (including phenoxy) is 1. The van der Waals surface area contributed by atoms with Crippen LogP contribution in [0, 0.1) is 11.3 Å². The van der Waals surface area contributed by atoms with Crippen LogP contribution in [0.25, 0.3) is 11.1 Å². The van der Waals surface area contributed by atoms with E-state index in [1.54, 1.807) is 25.1 Å². The van der Waals surface area contributed by atoms with Crippen LogP contribution < -0.4 is 0 Å². The fourth-order valence-electron chi connectivity index (χ4n) is 1.38. The SMILES string of the molecule is COC(=O)c1ccc2nc(S[C@@H](C)C#N)oc2c1. The molecule has 5 nitrogen and oxygen atoms in total. The van der Waals surface area contributed by atoms with E-state index in [-0.39, 0.29) is 5.25 Å².